The van der Waals surface area contributed by atoms with E-state index in [9.17, 15) is 22.0 Å². The van der Waals surface area contributed by atoms with E-state index in [0.29, 0.717) is 0 Å². The monoisotopic (exact) mass is 460 g/mol. The maximum Gasteiger partial charge on any atom is 0.586 e. The smallest absolute Gasteiger partial charge is 0.476 e. The molecule has 2 aromatic rings. The van der Waals surface area contributed by atoms with Crippen molar-refractivity contribution in [2.75, 3.05) is 15.9 Å². The van der Waals surface area contributed by atoms with E-state index in [1.165, 1.54) is 43.0 Å². The summed E-state index contributed by atoms with van der Waals surface area (Å²) in [6.45, 7) is 3.02. The Labute approximate surface area is 175 Å². The summed E-state index contributed by atoms with van der Waals surface area (Å²) in [6, 6.07) is 6.58. The van der Waals surface area contributed by atoms with Gasteiger partial charge in [0.25, 0.3) is 5.91 Å². The fraction of sp³-hybridized carbons (Fsp3) is 0.278. The van der Waals surface area contributed by atoms with E-state index in [4.69, 9.17) is 16.3 Å². The number of halogens is 3. The van der Waals surface area contributed by atoms with Crippen molar-refractivity contribution < 1.29 is 36.2 Å². The van der Waals surface area contributed by atoms with Crippen LogP contribution in [0.3, 0.4) is 0 Å². The number of amides is 1. The van der Waals surface area contributed by atoms with Crippen molar-refractivity contribution in [1.29, 1.82) is 0 Å². The van der Waals surface area contributed by atoms with Gasteiger partial charge in [-0.3, -0.25) is 14.4 Å². The summed E-state index contributed by atoms with van der Waals surface area (Å²) in [7, 11) is -3.54. The molecule has 2 aliphatic rings. The second-order valence-electron chi connectivity index (χ2n) is 7.23. The number of anilines is 3. The molecule has 0 bridgehead atoms. The first-order valence-electron chi connectivity index (χ1n) is 8.51. The molecule has 0 atom stereocenters. The topological polar surface area (TPSA) is 94.2 Å². The average molecular weight is 461 g/mol. The third kappa shape index (κ3) is 3.58. The van der Waals surface area contributed by atoms with Crippen LogP contribution in [0.5, 0.6) is 17.2 Å². The number of alkyl halides is 2. The molecule has 0 aromatic heterocycles. The van der Waals surface area contributed by atoms with Crippen LogP contribution in [0.25, 0.3) is 0 Å². The van der Waals surface area contributed by atoms with E-state index >= 15 is 0 Å². The molecule has 2 aliphatic heterocycles. The van der Waals surface area contributed by atoms with E-state index in [0.717, 1.165) is 12.3 Å². The third-order valence-electron chi connectivity index (χ3n) is 4.30. The van der Waals surface area contributed by atoms with Gasteiger partial charge in [-0.15, -0.1) is 8.78 Å². The van der Waals surface area contributed by atoms with Gasteiger partial charge in [0.2, 0.25) is 10.0 Å². The number of carbonyl (C=O) groups is 1. The summed E-state index contributed by atoms with van der Waals surface area (Å²) in [4.78, 5) is 14.3. The van der Waals surface area contributed by atoms with Crippen LogP contribution < -0.4 is 23.8 Å². The summed E-state index contributed by atoms with van der Waals surface area (Å²) < 4.78 is 66.8. The number of sulfonamides is 1. The first-order valence-corrected chi connectivity index (χ1v) is 10.8. The van der Waals surface area contributed by atoms with Crippen LogP contribution in [-0.4, -0.2) is 32.5 Å². The average Bonchev–Trinajstić information content (AvgIpc) is 2.87. The second kappa shape index (κ2) is 6.35. The van der Waals surface area contributed by atoms with Gasteiger partial charge in [-0.1, -0.05) is 11.6 Å². The Morgan fingerprint density at radius 3 is 2.27 bits per heavy atom. The number of ether oxygens (including phenoxy) is 3. The fourth-order valence-corrected chi connectivity index (χ4v) is 3.92. The maximum absolute atomic E-state index is 13.4. The molecule has 0 spiro atoms. The van der Waals surface area contributed by atoms with Crippen LogP contribution in [-0.2, 0) is 14.8 Å². The normalized spacial score (nSPS) is 18.6. The Balaban J connectivity index is 1.84. The molecule has 1 amide bonds. The molecule has 160 valence electrons. The molecular weight excluding hydrogens is 446 g/mol. The highest BCUT2D eigenvalue weighted by Crippen LogP contribution is 2.50. The van der Waals surface area contributed by atoms with Gasteiger partial charge in [-0.2, -0.15) is 0 Å². The Bertz CT molecular complexity index is 1190. The summed E-state index contributed by atoms with van der Waals surface area (Å²) in [5.74, 6) is -0.881. The standard InChI is InChI=1S/C18H15ClF2N2O6S/c1-17(2)16(24)23(11-5-4-9(6-13(11)27-17)22-30(3,25)26)12-8-15-14(7-10(12)19)28-18(20,21)29-15/h4-8,22H,1-3H3. The van der Waals surface area contributed by atoms with E-state index in [1.807, 2.05) is 0 Å². The number of hydrogen-bond donors (Lipinski definition) is 1. The van der Waals surface area contributed by atoms with Crippen LogP contribution in [0.2, 0.25) is 5.02 Å². The molecular formula is C18H15ClF2N2O6S. The van der Waals surface area contributed by atoms with Gasteiger partial charge >= 0.3 is 6.29 Å². The third-order valence-corrected chi connectivity index (χ3v) is 5.21. The lowest BCUT2D eigenvalue weighted by Gasteiger charge is -2.39. The minimum atomic E-state index is -3.84. The lowest BCUT2D eigenvalue weighted by atomic mass is 10.0. The lowest BCUT2D eigenvalue weighted by Crippen LogP contribution is -2.50. The molecule has 0 unspecified atom stereocenters. The Morgan fingerprint density at radius 2 is 1.63 bits per heavy atom. The molecule has 0 fully saturated rings. The number of nitrogens with zero attached hydrogens (tertiary/aromatic N) is 1. The van der Waals surface area contributed by atoms with Crippen LogP contribution in [0.15, 0.2) is 30.3 Å². The van der Waals surface area contributed by atoms with Crippen LogP contribution in [0.4, 0.5) is 25.8 Å². The molecule has 12 heteroatoms. The number of carbonyl (C=O) groups excluding carboxylic acids is 1. The summed E-state index contributed by atoms with van der Waals surface area (Å²) in [5, 5.41) is -0.0367. The number of nitrogens with one attached hydrogen (secondary N) is 1. The summed E-state index contributed by atoms with van der Waals surface area (Å²) in [5.41, 5.74) is -0.827. The predicted molar refractivity (Wildman–Crippen MR) is 104 cm³/mol. The SMILES string of the molecule is CC1(C)Oc2cc(NS(C)(=O)=O)ccc2N(c2cc3c(cc2Cl)OC(F)(F)O3)C1=O. The minimum absolute atomic E-state index is 0.0367. The molecule has 0 saturated heterocycles. The maximum atomic E-state index is 13.4. The van der Waals surface area contributed by atoms with Gasteiger partial charge < -0.3 is 14.2 Å². The largest absolute Gasteiger partial charge is 0.586 e. The van der Waals surface area contributed by atoms with Crippen LogP contribution >= 0.6 is 11.6 Å². The zero-order valence-electron chi connectivity index (χ0n) is 15.8. The minimum Gasteiger partial charge on any atom is -0.476 e. The van der Waals surface area contributed by atoms with E-state index in [1.54, 1.807) is 0 Å². The van der Waals surface area contributed by atoms with Crippen molar-refractivity contribution in [2.24, 2.45) is 0 Å². The number of rotatable bonds is 3. The zero-order valence-corrected chi connectivity index (χ0v) is 17.4. The Morgan fingerprint density at radius 1 is 1.00 bits per heavy atom. The van der Waals surface area contributed by atoms with Crippen molar-refractivity contribution in [3.63, 3.8) is 0 Å². The van der Waals surface area contributed by atoms with Crippen molar-refractivity contribution in [3.05, 3.63) is 35.4 Å². The van der Waals surface area contributed by atoms with Crippen LogP contribution in [0.1, 0.15) is 13.8 Å². The van der Waals surface area contributed by atoms with Crippen molar-refractivity contribution in [1.82, 2.24) is 0 Å². The van der Waals surface area contributed by atoms with E-state index in [-0.39, 0.29) is 39.3 Å². The number of hydrogen-bond acceptors (Lipinski definition) is 6. The molecule has 8 nitrogen and oxygen atoms in total. The molecule has 2 heterocycles. The Hall–Kier alpha value is -2.79. The molecule has 0 radical (unpaired) electrons. The highest BCUT2D eigenvalue weighted by Gasteiger charge is 2.46. The second-order valence-corrected chi connectivity index (χ2v) is 9.38. The summed E-state index contributed by atoms with van der Waals surface area (Å²) in [6.07, 6.45) is -2.85. The van der Waals surface area contributed by atoms with Gasteiger partial charge in [-0.05, 0) is 26.0 Å². The molecule has 30 heavy (non-hydrogen) atoms. The molecule has 4 rings (SSSR count). The van der Waals surface area contributed by atoms with Gasteiger partial charge in [0.05, 0.1) is 28.3 Å². The van der Waals surface area contributed by atoms with E-state index in [2.05, 4.69) is 14.2 Å². The van der Waals surface area contributed by atoms with Gasteiger partial charge in [0.1, 0.15) is 5.75 Å². The first-order chi connectivity index (χ1) is 13.8. The van der Waals surface area contributed by atoms with Crippen molar-refractivity contribution in [3.8, 4) is 17.2 Å². The van der Waals surface area contributed by atoms with Gasteiger partial charge in [0.15, 0.2) is 17.1 Å². The number of benzene rings is 2. The molecule has 0 saturated carbocycles. The van der Waals surface area contributed by atoms with E-state index < -0.39 is 27.8 Å². The Kier molecular flexibility index (Phi) is 4.34. The van der Waals surface area contributed by atoms with Crippen LogP contribution in [0, 0.1) is 0 Å². The first kappa shape index (κ1) is 20.5. The lowest BCUT2D eigenvalue weighted by molar-refractivity contribution is -0.286. The summed E-state index contributed by atoms with van der Waals surface area (Å²) >= 11 is 6.27. The van der Waals surface area contributed by atoms with Crippen molar-refractivity contribution in [2.45, 2.75) is 25.7 Å². The quantitative estimate of drug-likeness (QED) is 0.747. The highest BCUT2D eigenvalue weighted by atomic mass is 35.5. The zero-order chi connectivity index (χ0) is 22.1. The molecule has 0 aliphatic carbocycles. The van der Waals surface area contributed by atoms with Gasteiger partial charge in [-0.25, -0.2) is 8.42 Å². The molecule has 2 aromatic carbocycles. The fourth-order valence-electron chi connectivity index (χ4n) is 3.13. The number of fused-ring (bicyclic) bond motifs is 2. The molecule has 1 N–H and O–H groups in total. The van der Waals surface area contributed by atoms with Crippen molar-refractivity contribution >= 4 is 44.6 Å². The van der Waals surface area contributed by atoms with Gasteiger partial charge in [0, 0.05) is 18.2 Å². The predicted octanol–water partition coefficient (Wildman–Crippen LogP) is 3.87. The highest BCUT2D eigenvalue weighted by molar-refractivity contribution is 7.92.